The Kier molecular flexibility index (Phi) is 3.76. The summed E-state index contributed by atoms with van der Waals surface area (Å²) in [6.45, 7) is 0.0474. The van der Waals surface area contributed by atoms with Crippen molar-refractivity contribution in [2.75, 3.05) is 23.5 Å². The van der Waals surface area contributed by atoms with Crippen LogP contribution in [0.5, 0.6) is 5.75 Å². The number of hydrogen-bond acceptors (Lipinski definition) is 4. The van der Waals surface area contributed by atoms with Crippen LogP contribution in [0.15, 0.2) is 24.3 Å². The Morgan fingerprint density at radius 3 is 2.89 bits per heavy atom. The highest BCUT2D eigenvalue weighted by Gasteiger charge is 2.33. The van der Waals surface area contributed by atoms with Crippen LogP contribution in [0, 0.1) is 0 Å². The van der Waals surface area contributed by atoms with E-state index in [1.807, 2.05) is 6.26 Å². The van der Waals surface area contributed by atoms with E-state index in [2.05, 4.69) is 0 Å². The fraction of sp³-hybridized carbons (Fsp3) is 0.333. The summed E-state index contributed by atoms with van der Waals surface area (Å²) >= 11 is 1.41. The minimum atomic E-state index is -1.06. The van der Waals surface area contributed by atoms with Gasteiger partial charge >= 0.3 is 5.97 Å². The van der Waals surface area contributed by atoms with Crippen LogP contribution in [0.1, 0.15) is 0 Å². The summed E-state index contributed by atoms with van der Waals surface area (Å²) in [5.41, 5.74) is 0.633. The molecule has 0 saturated carbocycles. The number of amides is 1. The number of nitrogens with zero attached hydrogens (tertiary/aromatic N) is 1. The van der Waals surface area contributed by atoms with Crippen molar-refractivity contribution in [2.24, 2.45) is 0 Å². The van der Waals surface area contributed by atoms with Crippen molar-refractivity contribution >= 4 is 29.3 Å². The van der Waals surface area contributed by atoms with E-state index < -0.39 is 12.1 Å². The van der Waals surface area contributed by atoms with Crippen molar-refractivity contribution in [1.29, 1.82) is 0 Å². The number of para-hydroxylation sites is 2. The molecule has 1 N–H and O–H groups in total. The van der Waals surface area contributed by atoms with Gasteiger partial charge in [-0.25, -0.2) is 4.79 Å². The predicted octanol–water partition coefficient (Wildman–Crippen LogP) is 1.23. The van der Waals surface area contributed by atoms with Crippen LogP contribution in [-0.4, -0.2) is 41.6 Å². The number of aliphatic carboxylic acids is 1. The molecule has 0 aromatic heterocycles. The topological polar surface area (TPSA) is 66.8 Å². The minimum absolute atomic E-state index is 0.0474. The first-order chi connectivity index (χ1) is 8.63. The van der Waals surface area contributed by atoms with E-state index in [4.69, 9.17) is 9.84 Å². The Labute approximate surface area is 109 Å². The number of anilines is 1. The Bertz CT molecular complexity index is 477. The van der Waals surface area contributed by atoms with Gasteiger partial charge in [0.2, 0.25) is 12.0 Å². The van der Waals surface area contributed by atoms with E-state index in [1.165, 1.54) is 16.7 Å². The summed E-state index contributed by atoms with van der Waals surface area (Å²) in [7, 11) is 0. The molecule has 0 spiro atoms. The van der Waals surface area contributed by atoms with Crippen molar-refractivity contribution < 1.29 is 19.4 Å². The lowest BCUT2D eigenvalue weighted by atomic mass is 10.2. The molecule has 1 amide bonds. The molecule has 1 aliphatic rings. The van der Waals surface area contributed by atoms with Crippen LogP contribution >= 0.6 is 11.8 Å². The molecule has 6 heteroatoms. The zero-order chi connectivity index (χ0) is 13.1. The zero-order valence-corrected chi connectivity index (χ0v) is 10.6. The average Bonchev–Trinajstić information content (AvgIpc) is 2.37. The highest BCUT2D eigenvalue weighted by atomic mass is 32.2. The molecule has 0 bridgehead atoms. The van der Waals surface area contributed by atoms with Crippen molar-refractivity contribution in [3.05, 3.63) is 24.3 Å². The molecular formula is C12H13NO4S. The maximum Gasteiger partial charge on any atom is 0.346 e. The van der Waals surface area contributed by atoms with Gasteiger partial charge in [-0.1, -0.05) is 12.1 Å². The molecule has 18 heavy (non-hydrogen) atoms. The van der Waals surface area contributed by atoms with Gasteiger partial charge in [-0.05, 0) is 18.4 Å². The van der Waals surface area contributed by atoms with Gasteiger partial charge in [0.1, 0.15) is 5.75 Å². The van der Waals surface area contributed by atoms with Gasteiger partial charge in [-0.15, -0.1) is 0 Å². The summed E-state index contributed by atoms with van der Waals surface area (Å²) in [5.74, 6) is -0.415. The number of ether oxygens (including phenoxy) is 1. The number of thioether (sulfide) groups is 1. The fourth-order valence-corrected chi connectivity index (χ4v) is 2.20. The summed E-state index contributed by atoms with van der Waals surface area (Å²) in [4.78, 5) is 24.5. The normalized spacial score (nSPS) is 17.8. The van der Waals surface area contributed by atoms with E-state index in [-0.39, 0.29) is 12.5 Å². The molecule has 5 nitrogen and oxygen atoms in total. The maximum atomic E-state index is 12.0. The molecule has 96 valence electrons. The third-order valence-corrected chi connectivity index (χ3v) is 3.15. The highest BCUT2D eigenvalue weighted by molar-refractivity contribution is 7.99. The molecular weight excluding hydrogens is 254 g/mol. The second kappa shape index (κ2) is 5.30. The minimum Gasteiger partial charge on any atom is -0.478 e. The maximum absolute atomic E-state index is 12.0. The number of carbonyl (C=O) groups excluding carboxylic acids is 1. The summed E-state index contributed by atoms with van der Waals surface area (Å²) in [6, 6.07) is 6.97. The summed E-state index contributed by atoms with van der Waals surface area (Å²) in [6.07, 6.45) is 0.824. The van der Waals surface area contributed by atoms with Gasteiger partial charge in [0.25, 0.3) is 0 Å². The standard InChI is InChI=1S/C12H13NO4S/c1-18-7-11(14)13-6-10(12(15)16)17-9-5-3-2-4-8(9)13/h2-5,10H,6-7H2,1H3,(H,15,16). The number of carboxylic acids is 1. The second-order valence-corrected chi connectivity index (χ2v) is 4.72. The van der Waals surface area contributed by atoms with Crippen molar-refractivity contribution in [2.45, 2.75) is 6.10 Å². The quantitative estimate of drug-likeness (QED) is 0.892. The lowest BCUT2D eigenvalue weighted by Gasteiger charge is -2.32. The van der Waals surface area contributed by atoms with E-state index >= 15 is 0 Å². The van der Waals surface area contributed by atoms with Crippen LogP contribution in [0.3, 0.4) is 0 Å². The lowest BCUT2D eigenvalue weighted by Crippen LogP contribution is -2.47. The first-order valence-electron chi connectivity index (χ1n) is 5.41. The molecule has 1 aromatic rings. The first-order valence-corrected chi connectivity index (χ1v) is 6.80. The van der Waals surface area contributed by atoms with Crippen LogP contribution < -0.4 is 9.64 Å². The number of benzene rings is 1. The third-order valence-electron chi connectivity index (χ3n) is 2.62. The van der Waals surface area contributed by atoms with Crippen LogP contribution in [0.2, 0.25) is 0 Å². The van der Waals surface area contributed by atoms with Gasteiger partial charge in [0.15, 0.2) is 0 Å². The van der Waals surface area contributed by atoms with Crippen LogP contribution in [0.4, 0.5) is 5.69 Å². The number of carboxylic acid groups (broad SMARTS) is 1. The molecule has 1 atom stereocenters. The molecule has 0 fully saturated rings. The fourth-order valence-electron chi connectivity index (χ4n) is 1.80. The zero-order valence-electron chi connectivity index (χ0n) is 9.83. The third kappa shape index (κ3) is 2.43. The average molecular weight is 267 g/mol. The van der Waals surface area contributed by atoms with Crippen molar-refractivity contribution in [3.63, 3.8) is 0 Å². The largest absolute Gasteiger partial charge is 0.478 e. The monoisotopic (exact) mass is 267 g/mol. The Morgan fingerprint density at radius 2 is 2.22 bits per heavy atom. The Hall–Kier alpha value is -1.69. The molecule has 1 unspecified atom stereocenters. The SMILES string of the molecule is CSCC(=O)N1CC(C(=O)O)Oc2ccccc21. The van der Waals surface area contributed by atoms with Gasteiger partial charge in [0.05, 0.1) is 18.0 Å². The van der Waals surface area contributed by atoms with Crippen LogP contribution in [-0.2, 0) is 9.59 Å². The number of fused-ring (bicyclic) bond motifs is 1. The molecule has 1 aromatic carbocycles. The van der Waals surface area contributed by atoms with E-state index in [0.717, 1.165) is 0 Å². The van der Waals surface area contributed by atoms with Crippen molar-refractivity contribution in [3.8, 4) is 5.75 Å². The molecule has 1 aliphatic heterocycles. The molecule has 1 heterocycles. The van der Waals surface area contributed by atoms with Gasteiger partial charge < -0.3 is 14.7 Å². The van der Waals surface area contributed by atoms with E-state index in [1.54, 1.807) is 24.3 Å². The molecule has 0 aliphatic carbocycles. The van der Waals surface area contributed by atoms with Crippen molar-refractivity contribution in [1.82, 2.24) is 0 Å². The van der Waals surface area contributed by atoms with Gasteiger partial charge in [-0.2, -0.15) is 11.8 Å². The Balaban J connectivity index is 2.33. The second-order valence-electron chi connectivity index (χ2n) is 3.85. The predicted molar refractivity (Wildman–Crippen MR) is 69.2 cm³/mol. The number of carbonyl (C=O) groups is 2. The van der Waals surface area contributed by atoms with E-state index in [0.29, 0.717) is 17.2 Å². The van der Waals surface area contributed by atoms with E-state index in [9.17, 15) is 9.59 Å². The molecule has 0 saturated heterocycles. The number of hydrogen-bond donors (Lipinski definition) is 1. The Morgan fingerprint density at radius 1 is 1.50 bits per heavy atom. The summed E-state index contributed by atoms with van der Waals surface area (Å²) in [5, 5.41) is 9.03. The van der Waals surface area contributed by atoms with Crippen LogP contribution in [0.25, 0.3) is 0 Å². The smallest absolute Gasteiger partial charge is 0.346 e. The lowest BCUT2D eigenvalue weighted by molar-refractivity contribution is -0.145. The molecule has 0 radical (unpaired) electrons. The molecule has 2 rings (SSSR count). The first kappa shape index (κ1) is 12.8. The summed E-state index contributed by atoms with van der Waals surface area (Å²) < 4.78 is 5.35. The number of rotatable bonds is 3. The highest BCUT2D eigenvalue weighted by Crippen LogP contribution is 2.33. The van der Waals surface area contributed by atoms with Gasteiger partial charge in [-0.3, -0.25) is 4.79 Å². The van der Waals surface area contributed by atoms with Gasteiger partial charge in [0, 0.05) is 0 Å².